The van der Waals surface area contributed by atoms with E-state index in [-0.39, 0.29) is 5.91 Å². The van der Waals surface area contributed by atoms with Gasteiger partial charge in [0.15, 0.2) is 5.69 Å². The molecule has 1 aromatic carbocycles. The fourth-order valence-corrected chi connectivity index (χ4v) is 2.94. The fraction of sp³-hybridized carbons (Fsp3) is 0.375. The minimum absolute atomic E-state index is 0.241. The molecule has 0 saturated carbocycles. The van der Waals surface area contributed by atoms with Gasteiger partial charge in [-0.15, -0.1) is 0 Å². The number of rotatable bonds is 2. The van der Waals surface area contributed by atoms with Gasteiger partial charge < -0.3 is 5.32 Å². The summed E-state index contributed by atoms with van der Waals surface area (Å²) < 4.78 is 40.9. The minimum atomic E-state index is -4.45. The Bertz CT molecular complexity index is 732. The van der Waals surface area contributed by atoms with Crippen LogP contribution in [-0.2, 0) is 19.0 Å². The molecule has 7 heteroatoms. The van der Waals surface area contributed by atoms with Crippen LogP contribution in [0.1, 0.15) is 40.2 Å². The van der Waals surface area contributed by atoms with Gasteiger partial charge in [0, 0.05) is 23.9 Å². The number of carbonyl (C=O) groups is 1. The summed E-state index contributed by atoms with van der Waals surface area (Å²) in [5.74, 6) is -0.241. The molecule has 23 heavy (non-hydrogen) atoms. The maximum atomic E-state index is 13.2. The lowest BCUT2D eigenvalue weighted by Crippen LogP contribution is -2.17. The second-order valence-electron chi connectivity index (χ2n) is 5.52. The third-order valence-electron chi connectivity index (χ3n) is 4.05. The van der Waals surface area contributed by atoms with E-state index in [0.717, 1.165) is 12.8 Å². The highest BCUT2D eigenvalue weighted by atomic mass is 19.4. The number of carbonyl (C=O) groups excluding carboxylic acids is 1. The lowest BCUT2D eigenvalue weighted by atomic mass is 9.95. The van der Waals surface area contributed by atoms with Gasteiger partial charge in [0.25, 0.3) is 5.91 Å². The Labute approximate surface area is 131 Å². The highest BCUT2D eigenvalue weighted by Gasteiger charge is 2.39. The maximum absolute atomic E-state index is 13.2. The molecule has 1 N–H and O–H groups in total. The number of nitrogens with one attached hydrogen (secondary N) is 1. The van der Waals surface area contributed by atoms with Crippen molar-refractivity contribution in [1.82, 2.24) is 15.1 Å². The number of benzene rings is 1. The van der Waals surface area contributed by atoms with Gasteiger partial charge >= 0.3 is 6.18 Å². The Kier molecular flexibility index (Phi) is 3.87. The normalized spacial score (nSPS) is 14.4. The Hall–Kier alpha value is -2.31. The molecule has 1 aromatic heterocycles. The molecule has 0 bridgehead atoms. The molecule has 1 amide bonds. The zero-order valence-electron chi connectivity index (χ0n) is 12.6. The summed E-state index contributed by atoms with van der Waals surface area (Å²) >= 11 is 0. The second-order valence-corrected chi connectivity index (χ2v) is 5.52. The summed E-state index contributed by atoms with van der Waals surface area (Å²) in [6, 6.07) is 6.40. The number of aromatic nitrogens is 2. The van der Waals surface area contributed by atoms with Crippen molar-refractivity contribution in [3.05, 3.63) is 46.8 Å². The lowest BCUT2D eigenvalue weighted by Gasteiger charge is -2.14. The van der Waals surface area contributed by atoms with Crippen molar-refractivity contribution in [2.24, 2.45) is 0 Å². The summed E-state index contributed by atoms with van der Waals surface area (Å²) in [5.41, 5.74) is 1.12. The molecular weight excluding hydrogens is 307 g/mol. The molecular formula is C16H16F3N3O. The van der Waals surface area contributed by atoms with Crippen LogP contribution in [0.2, 0.25) is 0 Å². The van der Waals surface area contributed by atoms with Crippen molar-refractivity contribution in [2.75, 3.05) is 7.05 Å². The standard InChI is InChI=1S/C16H16F3N3O/c1-20-15(23)10-6-8-11(9-7-10)22-13-5-3-2-4-12(13)14(21-22)16(17,18)19/h6-9H,2-5H2,1H3,(H,20,23). The van der Waals surface area contributed by atoms with Crippen LogP contribution in [0.15, 0.2) is 24.3 Å². The number of fused-ring (bicyclic) bond motifs is 1. The van der Waals surface area contributed by atoms with Crippen molar-refractivity contribution in [3.8, 4) is 5.69 Å². The van der Waals surface area contributed by atoms with Crippen LogP contribution in [0.4, 0.5) is 13.2 Å². The van der Waals surface area contributed by atoms with Gasteiger partial charge in [0.05, 0.1) is 5.69 Å². The number of nitrogens with zero attached hydrogens (tertiary/aromatic N) is 2. The SMILES string of the molecule is CNC(=O)c1ccc(-n2nc(C(F)(F)F)c3c2CCCC3)cc1. The van der Waals surface area contributed by atoms with Crippen LogP contribution in [-0.4, -0.2) is 22.7 Å². The number of hydrogen-bond donors (Lipinski definition) is 1. The van der Waals surface area contributed by atoms with Crippen LogP contribution in [0.3, 0.4) is 0 Å². The molecule has 0 spiro atoms. The molecule has 1 aliphatic rings. The third-order valence-corrected chi connectivity index (χ3v) is 4.05. The van der Waals surface area contributed by atoms with Gasteiger partial charge in [0.1, 0.15) is 0 Å². The van der Waals surface area contributed by atoms with Gasteiger partial charge in [-0.1, -0.05) is 0 Å². The first kappa shape index (κ1) is 15.6. The van der Waals surface area contributed by atoms with E-state index >= 15 is 0 Å². The van der Waals surface area contributed by atoms with Crippen LogP contribution in [0.25, 0.3) is 5.69 Å². The zero-order chi connectivity index (χ0) is 16.6. The van der Waals surface area contributed by atoms with Crippen molar-refractivity contribution >= 4 is 5.91 Å². The van der Waals surface area contributed by atoms with E-state index in [1.54, 1.807) is 24.3 Å². The largest absolute Gasteiger partial charge is 0.435 e. The smallest absolute Gasteiger partial charge is 0.355 e. The van der Waals surface area contributed by atoms with Crippen molar-refractivity contribution in [2.45, 2.75) is 31.9 Å². The molecule has 0 radical (unpaired) electrons. The first-order chi connectivity index (χ1) is 10.9. The Balaban J connectivity index is 2.06. The molecule has 0 unspecified atom stereocenters. The summed E-state index contributed by atoms with van der Waals surface area (Å²) in [6.45, 7) is 0. The van der Waals surface area contributed by atoms with Crippen molar-refractivity contribution in [1.29, 1.82) is 0 Å². The summed E-state index contributed by atoms with van der Waals surface area (Å²) in [6.07, 6.45) is -1.87. The quantitative estimate of drug-likeness (QED) is 0.923. The number of amides is 1. The molecule has 1 aliphatic carbocycles. The monoisotopic (exact) mass is 323 g/mol. The molecule has 4 nitrogen and oxygen atoms in total. The predicted octanol–water partition coefficient (Wildman–Crippen LogP) is 3.13. The van der Waals surface area contributed by atoms with E-state index in [0.29, 0.717) is 35.3 Å². The molecule has 1 heterocycles. The van der Waals surface area contributed by atoms with E-state index in [9.17, 15) is 18.0 Å². The van der Waals surface area contributed by atoms with Gasteiger partial charge in [-0.2, -0.15) is 18.3 Å². The number of halogens is 3. The summed E-state index contributed by atoms with van der Waals surface area (Å²) in [5, 5.41) is 6.32. The van der Waals surface area contributed by atoms with Crippen molar-refractivity contribution in [3.63, 3.8) is 0 Å². The molecule has 0 atom stereocenters. The Morgan fingerprint density at radius 3 is 2.43 bits per heavy atom. The molecule has 0 fully saturated rings. The van der Waals surface area contributed by atoms with Crippen molar-refractivity contribution < 1.29 is 18.0 Å². The second kappa shape index (κ2) is 5.72. The number of alkyl halides is 3. The third kappa shape index (κ3) is 2.83. The Morgan fingerprint density at radius 1 is 1.17 bits per heavy atom. The number of hydrogen-bond acceptors (Lipinski definition) is 2. The van der Waals surface area contributed by atoms with E-state index in [2.05, 4.69) is 10.4 Å². The van der Waals surface area contributed by atoms with Gasteiger partial charge in [-0.25, -0.2) is 4.68 Å². The molecule has 0 aliphatic heterocycles. The predicted molar refractivity (Wildman–Crippen MR) is 78.6 cm³/mol. The lowest BCUT2D eigenvalue weighted by molar-refractivity contribution is -0.142. The summed E-state index contributed by atoms with van der Waals surface area (Å²) in [4.78, 5) is 11.5. The maximum Gasteiger partial charge on any atom is 0.435 e. The first-order valence-corrected chi connectivity index (χ1v) is 7.42. The molecule has 3 rings (SSSR count). The first-order valence-electron chi connectivity index (χ1n) is 7.42. The van der Waals surface area contributed by atoms with Gasteiger partial charge in [-0.3, -0.25) is 4.79 Å². The van der Waals surface area contributed by atoms with Crippen LogP contribution in [0.5, 0.6) is 0 Å². The highest BCUT2D eigenvalue weighted by molar-refractivity contribution is 5.94. The molecule has 2 aromatic rings. The van der Waals surface area contributed by atoms with Gasteiger partial charge in [0.2, 0.25) is 0 Å². The fourth-order valence-electron chi connectivity index (χ4n) is 2.94. The molecule has 0 saturated heterocycles. The average molecular weight is 323 g/mol. The van der Waals surface area contributed by atoms with E-state index in [4.69, 9.17) is 0 Å². The van der Waals surface area contributed by atoms with Crippen LogP contribution >= 0.6 is 0 Å². The topological polar surface area (TPSA) is 46.9 Å². The Morgan fingerprint density at radius 2 is 1.83 bits per heavy atom. The highest BCUT2D eigenvalue weighted by Crippen LogP contribution is 2.36. The van der Waals surface area contributed by atoms with Crippen LogP contribution in [0, 0.1) is 0 Å². The van der Waals surface area contributed by atoms with E-state index in [1.165, 1.54) is 11.7 Å². The average Bonchev–Trinajstić information content (AvgIpc) is 2.94. The van der Waals surface area contributed by atoms with E-state index < -0.39 is 11.9 Å². The van der Waals surface area contributed by atoms with Crippen LogP contribution < -0.4 is 5.32 Å². The minimum Gasteiger partial charge on any atom is -0.355 e. The zero-order valence-corrected chi connectivity index (χ0v) is 12.6. The molecule has 122 valence electrons. The summed E-state index contributed by atoms with van der Waals surface area (Å²) in [7, 11) is 1.52. The van der Waals surface area contributed by atoms with E-state index in [1.807, 2.05) is 0 Å². The van der Waals surface area contributed by atoms with Gasteiger partial charge in [-0.05, 0) is 49.9 Å².